The molecule has 0 spiro atoms. The predicted octanol–water partition coefficient (Wildman–Crippen LogP) is 3.85. The van der Waals surface area contributed by atoms with Crippen molar-refractivity contribution in [3.05, 3.63) is 65.2 Å². The van der Waals surface area contributed by atoms with Crippen LogP contribution in [0.15, 0.2) is 59.5 Å². The Morgan fingerprint density at radius 2 is 1.87 bits per heavy atom. The summed E-state index contributed by atoms with van der Waals surface area (Å²) >= 11 is 7.26. The maximum absolute atomic E-state index is 12.0. The van der Waals surface area contributed by atoms with Gasteiger partial charge in [-0.1, -0.05) is 48.0 Å². The highest BCUT2D eigenvalue weighted by atomic mass is 35.5. The molecule has 1 unspecified atom stereocenters. The number of carbonyl (C=O) groups is 2. The van der Waals surface area contributed by atoms with Crippen molar-refractivity contribution in [3.63, 3.8) is 0 Å². The van der Waals surface area contributed by atoms with Crippen LogP contribution in [0.2, 0.25) is 5.02 Å². The van der Waals surface area contributed by atoms with E-state index in [4.69, 9.17) is 11.6 Å². The van der Waals surface area contributed by atoms with E-state index in [-0.39, 0.29) is 5.91 Å². The third-order valence-corrected chi connectivity index (χ3v) is 4.34. The van der Waals surface area contributed by atoms with Gasteiger partial charge < -0.3 is 5.32 Å². The fourth-order valence-electron chi connectivity index (χ4n) is 1.83. The molecule has 2 N–H and O–H groups in total. The van der Waals surface area contributed by atoms with Crippen molar-refractivity contribution < 1.29 is 9.59 Å². The molecule has 0 aliphatic carbocycles. The van der Waals surface area contributed by atoms with Crippen molar-refractivity contribution in [2.75, 3.05) is 0 Å². The van der Waals surface area contributed by atoms with Crippen LogP contribution in [0.5, 0.6) is 0 Å². The first-order valence-corrected chi connectivity index (χ1v) is 8.35. The molecule has 0 aliphatic heterocycles. The zero-order valence-electron chi connectivity index (χ0n) is 12.6. The Bertz CT molecular complexity index is 679. The number of nitrogens with one attached hydrogen (secondary N) is 2. The van der Waals surface area contributed by atoms with E-state index in [0.717, 1.165) is 10.5 Å². The normalized spacial score (nSPS) is 11.6. The van der Waals surface area contributed by atoms with Crippen molar-refractivity contribution >= 4 is 35.3 Å². The van der Waals surface area contributed by atoms with Crippen molar-refractivity contribution in [3.8, 4) is 0 Å². The zero-order valence-corrected chi connectivity index (χ0v) is 14.2. The van der Waals surface area contributed by atoms with Crippen LogP contribution in [0.25, 0.3) is 0 Å². The lowest BCUT2D eigenvalue weighted by atomic mass is 10.2. The van der Waals surface area contributed by atoms with Crippen LogP contribution >= 0.6 is 23.4 Å². The van der Waals surface area contributed by atoms with E-state index in [2.05, 4.69) is 10.6 Å². The van der Waals surface area contributed by atoms with Gasteiger partial charge >= 0.3 is 6.03 Å². The van der Waals surface area contributed by atoms with E-state index in [0.29, 0.717) is 11.6 Å². The van der Waals surface area contributed by atoms with Crippen LogP contribution in [0, 0.1) is 0 Å². The van der Waals surface area contributed by atoms with Crippen LogP contribution in [0.4, 0.5) is 4.79 Å². The van der Waals surface area contributed by atoms with Gasteiger partial charge in [-0.15, -0.1) is 11.8 Å². The number of rotatable bonds is 5. The van der Waals surface area contributed by atoms with Gasteiger partial charge in [0, 0.05) is 16.5 Å². The predicted molar refractivity (Wildman–Crippen MR) is 93.6 cm³/mol. The standard InChI is InChI=1S/C17H17ClN2O2S/c1-12(23-15-9-5-8-14(18)10-15)16(21)20-17(22)19-11-13-6-3-2-4-7-13/h2-10,12H,11H2,1H3,(H2,19,20,21,22). The Morgan fingerprint density at radius 3 is 2.57 bits per heavy atom. The number of thioether (sulfide) groups is 1. The highest BCUT2D eigenvalue weighted by molar-refractivity contribution is 8.00. The van der Waals surface area contributed by atoms with Gasteiger partial charge in [0.15, 0.2) is 0 Å². The topological polar surface area (TPSA) is 58.2 Å². The number of halogens is 1. The summed E-state index contributed by atoms with van der Waals surface area (Å²) in [6.45, 7) is 2.11. The average molecular weight is 349 g/mol. The highest BCUT2D eigenvalue weighted by Gasteiger charge is 2.17. The van der Waals surface area contributed by atoms with Gasteiger partial charge in [-0.3, -0.25) is 10.1 Å². The van der Waals surface area contributed by atoms with E-state index >= 15 is 0 Å². The van der Waals surface area contributed by atoms with Crippen molar-refractivity contribution in [2.45, 2.75) is 23.6 Å². The highest BCUT2D eigenvalue weighted by Crippen LogP contribution is 2.25. The smallest absolute Gasteiger partial charge is 0.321 e. The molecule has 2 aromatic rings. The largest absolute Gasteiger partial charge is 0.334 e. The van der Waals surface area contributed by atoms with Crippen LogP contribution < -0.4 is 10.6 Å². The van der Waals surface area contributed by atoms with Gasteiger partial charge in [-0.25, -0.2) is 4.79 Å². The number of hydrogen-bond donors (Lipinski definition) is 2. The molecule has 1 atom stereocenters. The monoisotopic (exact) mass is 348 g/mol. The van der Waals surface area contributed by atoms with Crippen molar-refractivity contribution in [2.24, 2.45) is 0 Å². The molecule has 0 saturated heterocycles. The minimum atomic E-state index is -0.502. The lowest BCUT2D eigenvalue weighted by molar-refractivity contribution is -0.119. The van der Waals surface area contributed by atoms with E-state index in [1.165, 1.54) is 11.8 Å². The quantitative estimate of drug-likeness (QED) is 0.807. The van der Waals surface area contributed by atoms with Crippen molar-refractivity contribution in [1.29, 1.82) is 0 Å². The minimum absolute atomic E-state index is 0.347. The van der Waals surface area contributed by atoms with Crippen LogP contribution in [0.1, 0.15) is 12.5 Å². The summed E-state index contributed by atoms with van der Waals surface area (Å²) in [4.78, 5) is 24.7. The number of hydrogen-bond acceptors (Lipinski definition) is 3. The first-order valence-electron chi connectivity index (χ1n) is 7.09. The van der Waals surface area contributed by atoms with E-state index in [1.807, 2.05) is 42.5 Å². The summed E-state index contributed by atoms with van der Waals surface area (Å²) in [5, 5.41) is 5.21. The Morgan fingerprint density at radius 1 is 1.13 bits per heavy atom. The summed E-state index contributed by atoms with van der Waals surface area (Å²) in [5.41, 5.74) is 0.969. The van der Waals surface area contributed by atoms with Gasteiger partial charge in [-0.05, 0) is 30.7 Å². The first kappa shape index (κ1) is 17.4. The molecular formula is C17H17ClN2O2S. The minimum Gasteiger partial charge on any atom is -0.334 e. The van der Waals surface area contributed by atoms with Crippen molar-refractivity contribution in [1.82, 2.24) is 10.6 Å². The fourth-order valence-corrected chi connectivity index (χ4v) is 3.02. The molecule has 0 saturated carbocycles. The second-order valence-corrected chi connectivity index (χ2v) is 6.73. The summed E-state index contributed by atoms with van der Waals surface area (Å²) in [6, 6.07) is 16.2. The number of imide groups is 1. The molecule has 6 heteroatoms. The van der Waals surface area contributed by atoms with E-state index in [1.54, 1.807) is 19.1 Å². The molecule has 2 rings (SSSR count). The first-order chi connectivity index (χ1) is 11.0. The maximum Gasteiger partial charge on any atom is 0.321 e. The molecule has 0 aromatic heterocycles. The number of benzene rings is 2. The molecule has 0 fully saturated rings. The summed E-state index contributed by atoms with van der Waals surface area (Å²) in [7, 11) is 0. The Labute approximate surface area is 144 Å². The lowest BCUT2D eigenvalue weighted by Crippen LogP contribution is -2.42. The van der Waals surface area contributed by atoms with Gasteiger partial charge in [-0.2, -0.15) is 0 Å². The SMILES string of the molecule is CC(Sc1cccc(Cl)c1)C(=O)NC(=O)NCc1ccccc1. The van der Waals surface area contributed by atoms with Crippen LogP contribution in [-0.2, 0) is 11.3 Å². The molecule has 3 amide bonds. The van der Waals surface area contributed by atoms with Gasteiger partial charge in [0.1, 0.15) is 0 Å². The Hall–Kier alpha value is -1.98. The molecular weight excluding hydrogens is 332 g/mol. The molecule has 2 aromatic carbocycles. The van der Waals surface area contributed by atoms with Crippen LogP contribution in [-0.4, -0.2) is 17.2 Å². The molecule has 23 heavy (non-hydrogen) atoms. The summed E-state index contributed by atoms with van der Waals surface area (Å²) in [6.07, 6.45) is 0. The molecule has 0 bridgehead atoms. The Balaban J connectivity index is 1.79. The lowest BCUT2D eigenvalue weighted by Gasteiger charge is -2.12. The zero-order chi connectivity index (χ0) is 16.7. The van der Waals surface area contributed by atoms with E-state index in [9.17, 15) is 9.59 Å². The van der Waals surface area contributed by atoms with Gasteiger partial charge in [0.25, 0.3) is 0 Å². The molecule has 0 aliphatic rings. The third-order valence-electron chi connectivity index (χ3n) is 3.01. The number of amides is 3. The molecule has 4 nitrogen and oxygen atoms in total. The van der Waals surface area contributed by atoms with E-state index < -0.39 is 11.3 Å². The third kappa shape index (κ3) is 5.96. The second kappa shape index (κ2) is 8.60. The maximum atomic E-state index is 12.0. The summed E-state index contributed by atoms with van der Waals surface area (Å²) in [5.74, 6) is -0.347. The number of carbonyl (C=O) groups excluding carboxylic acids is 2. The fraction of sp³-hybridized carbons (Fsp3) is 0.176. The molecule has 0 radical (unpaired) electrons. The Kier molecular flexibility index (Phi) is 6.50. The average Bonchev–Trinajstić information content (AvgIpc) is 2.54. The molecule has 0 heterocycles. The molecule has 120 valence electrons. The van der Waals surface area contributed by atoms with Gasteiger partial charge in [0.05, 0.1) is 5.25 Å². The van der Waals surface area contributed by atoms with Gasteiger partial charge in [0.2, 0.25) is 5.91 Å². The number of urea groups is 1. The van der Waals surface area contributed by atoms with Crippen LogP contribution in [0.3, 0.4) is 0 Å². The summed E-state index contributed by atoms with van der Waals surface area (Å²) < 4.78 is 0. The second-order valence-electron chi connectivity index (χ2n) is 4.87.